The van der Waals surface area contributed by atoms with Gasteiger partial charge in [0, 0.05) is 12.3 Å². The van der Waals surface area contributed by atoms with Crippen molar-refractivity contribution in [2.45, 2.75) is 20.3 Å². The Hall–Kier alpha value is -1.12. The summed E-state index contributed by atoms with van der Waals surface area (Å²) in [4.78, 5) is 15.0. The first-order valence-electron chi connectivity index (χ1n) is 4.11. The minimum atomic E-state index is -0.0296. The number of allylic oxidation sites excluding steroid dienone is 1. The highest BCUT2D eigenvalue weighted by atomic mass is 16.1. The van der Waals surface area contributed by atoms with Crippen LogP contribution < -0.4 is 5.32 Å². The maximum atomic E-state index is 11.0. The Balaban J connectivity index is 3.63. The average molecular weight is 168 g/mol. The number of nitrogens with one attached hydrogen (secondary N) is 1. The lowest BCUT2D eigenvalue weighted by Crippen LogP contribution is -2.26. The number of rotatable bonds is 5. The van der Waals surface area contributed by atoms with Crippen LogP contribution >= 0.6 is 0 Å². The van der Waals surface area contributed by atoms with Crippen LogP contribution in [0.3, 0.4) is 0 Å². The average Bonchev–Trinajstić information content (AvgIpc) is 2.10. The third kappa shape index (κ3) is 5.65. The second-order valence-corrected chi connectivity index (χ2v) is 2.51. The van der Waals surface area contributed by atoms with Crippen molar-refractivity contribution in [1.82, 2.24) is 5.32 Å². The van der Waals surface area contributed by atoms with E-state index in [1.807, 2.05) is 13.8 Å². The molecule has 68 valence electrons. The molecule has 1 amide bonds. The van der Waals surface area contributed by atoms with E-state index in [2.05, 4.69) is 16.9 Å². The monoisotopic (exact) mass is 168 g/mol. The van der Waals surface area contributed by atoms with Crippen molar-refractivity contribution in [1.29, 1.82) is 0 Å². The van der Waals surface area contributed by atoms with Crippen LogP contribution in [-0.2, 0) is 4.79 Å². The predicted molar refractivity (Wildman–Crippen MR) is 51.5 cm³/mol. The van der Waals surface area contributed by atoms with Gasteiger partial charge in [0.2, 0.25) is 5.91 Å². The van der Waals surface area contributed by atoms with Gasteiger partial charge in [-0.15, -0.1) is 0 Å². The van der Waals surface area contributed by atoms with Crippen LogP contribution in [-0.4, -0.2) is 24.7 Å². The maximum Gasteiger partial charge on any atom is 0.241 e. The topological polar surface area (TPSA) is 41.5 Å². The van der Waals surface area contributed by atoms with Gasteiger partial charge >= 0.3 is 0 Å². The third-order valence-electron chi connectivity index (χ3n) is 1.34. The Labute approximate surface area is 73.6 Å². The first-order chi connectivity index (χ1) is 5.70. The Morgan fingerprint density at radius 1 is 1.67 bits per heavy atom. The molecule has 0 aliphatic heterocycles. The van der Waals surface area contributed by atoms with Crippen LogP contribution in [0.4, 0.5) is 0 Å². The zero-order valence-corrected chi connectivity index (χ0v) is 7.76. The van der Waals surface area contributed by atoms with Crippen molar-refractivity contribution in [2.75, 3.05) is 13.1 Å². The lowest BCUT2D eigenvalue weighted by atomic mass is 10.4. The van der Waals surface area contributed by atoms with Crippen molar-refractivity contribution >= 4 is 11.6 Å². The van der Waals surface area contributed by atoms with Crippen LogP contribution in [0.1, 0.15) is 20.3 Å². The summed E-state index contributed by atoms with van der Waals surface area (Å²) in [6.07, 6.45) is 2.59. The van der Waals surface area contributed by atoms with E-state index in [9.17, 15) is 4.79 Å². The van der Waals surface area contributed by atoms with Crippen molar-refractivity contribution < 1.29 is 4.79 Å². The highest BCUT2D eigenvalue weighted by Crippen LogP contribution is 1.79. The normalized spacial score (nSPS) is 11.0. The molecule has 0 atom stereocenters. The van der Waals surface area contributed by atoms with E-state index < -0.39 is 0 Å². The molecule has 0 rings (SSSR count). The standard InChI is InChI=1S/C9H16N2O/c1-4-6-10-9(12)7-11-8(3)5-2/h5H,2,4,6-7H2,1,3H3,(H,10,12). The summed E-state index contributed by atoms with van der Waals surface area (Å²) in [6.45, 7) is 8.30. The van der Waals surface area contributed by atoms with E-state index in [4.69, 9.17) is 0 Å². The van der Waals surface area contributed by atoms with E-state index in [1.165, 1.54) is 0 Å². The molecule has 0 saturated heterocycles. The molecule has 3 nitrogen and oxygen atoms in total. The number of aliphatic imine (C=N–C) groups is 1. The first-order valence-corrected chi connectivity index (χ1v) is 4.11. The molecular formula is C9H16N2O. The molecular weight excluding hydrogens is 152 g/mol. The highest BCUT2D eigenvalue weighted by molar-refractivity contribution is 5.93. The fraction of sp³-hybridized carbons (Fsp3) is 0.556. The van der Waals surface area contributed by atoms with Crippen LogP contribution in [0.25, 0.3) is 0 Å². The van der Waals surface area contributed by atoms with Crippen molar-refractivity contribution in [2.24, 2.45) is 4.99 Å². The molecule has 12 heavy (non-hydrogen) atoms. The molecule has 0 radical (unpaired) electrons. The minimum Gasteiger partial charge on any atom is -0.355 e. The second kappa shape index (κ2) is 6.58. The summed E-state index contributed by atoms with van der Waals surface area (Å²) in [5.41, 5.74) is 0.793. The van der Waals surface area contributed by atoms with Crippen LogP contribution in [0.15, 0.2) is 17.6 Å². The smallest absolute Gasteiger partial charge is 0.241 e. The summed E-state index contributed by atoms with van der Waals surface area (Å²) in [5, 5.41) is 2.73. The predicted octanol–water partition coefficient (Wildman–Crippen LogP) is 1.16. The number of carbonyl (C=O) groups excluding carboxylic acids is 1. The maximum absolute atomic E-state index is 11.0. The van der Waals surface area contributed by atoms with E-state index >= 15 is 0 Å². The summed E-state index contributed by atoms with van der Waals surface area (Å²) in [5.74, 6) is -0.0296. The number of nitrogens with zero attached hydrogens (tertiary/aromatic N) is 1. The molecule has 0 aromatic carbocycles. The number of carbonyl (C=O) groups is 1. The SMILES string of the molecule is C=CC(C)=NCC(=O)NCCC. The first kappa shape index (κ1) is 10.9. The Kier molecular flexibility index (Phi) is 5.97. The molecule has 0 heterocycles. The number of hydrogen-bond acceptors (Lipinski definition) is 2. The van der Waals surface area contributed by atoms with Gasteiger partial charge in [-0.05, 0) is 19.4 Å². The summed E-state index contributed by atoms with van der Waals surface area (Å²) in [6, 6.07) is 0. The van der Waals surface area contributed by atoms with Gasteiger partial charge in [0.25, 0.3) is 0 Å². The zero-order valence-electron chi connectivity index (χ0n) is 7.76. The fourth-order valence-corrected chi connectivity index (χ4v) is 0.581. The minimum absolute atomic E-state index is 0.0296. The van der Waals surface area contributed by atoms with Gasteiger partial charge in [-0.1, -0.05) is 13.5 Å². The number of hydrogen-bond donors (Lipinski definition) is 1. The molecule has 3 heteroatoms. The lowest BCUT2D eigenvalue weighted by molar-refractivity contribution is -0.119. The molecule has 0 unspecified atom stereocenters. The van der Waals surface area contributed by atoms with Gasteiger partial charge in [0.05, 0.1) is 0 Å². The molecule has 0 bridgehead atoms. The van der Waals surface area contributed by atoms with Gasteiger partial charge < -0.3 is 5.32 Å². The van der Waals surface area contributed by atoms with Crippen LogP contribution in [0.2, 0.25) is 0 Å². The third-order valence-corrected chi connectivity index (χ3v) is 1.34. The molecule has 0 fully saturated rings. The van der Waals surface area contributed by atoms with E-state index in [0.717, 1.165) is 18.7 Å². The molecule has 0 aromatic heterocycles. The molecule has 0 aromatic rings. The van der Waals surface area contributed by atoms with Gasteiger partial charge in [-0.2, -0.15) is 0 Å². The van der Waals surface area contributed by atoms with E-state index in [-0.39, 0.29) is 12.5 Å². The van der Waals surface area contributed by atoms with Crippen molar-refractivity contribution in [3.8, 4) is 0 Å². The van der Waals surface area contributed by atoms with Gasteiger partial charge in [-0.3, -0.25) is 9.79 Å². The zero-order chi connectivity index (χ0) is 9.40. The summed E-state index contributed by atoms with van der Waals surface area (Å²) >= 11 is 0. The summed E-state index contributed by atoms with van der Waals surface area (Å²) in [7, 11) is 0. The molecule has 0 aliphatic carbocycles. The van der Waals surface area contributed by atoms with Crippen molar-refractivity contribution in [3.05, 3.63) is 12.7 Å². The Morgan fingerprint density at radius 2 is 2.33 bits per heavy atom. The largest absolute Gasteiger partial charge is 0.355 e. The van der Waals surface area contributed by atoms with Gasteiger partial charge in [0.15, 0.2) is 0 Å². The van der Waals surface area contributed by atoms with Crippen LogP contribution in [0.5, 0.6) is 0 Å². The number of amides is 1. The van der Waals surface area contributed by atoms with Crippen molar-refractivity contribution in [3.63, 3.8) is 0 Å². The quantitative estimate of drug-likeness (QED) is 0.615. The van der Waals surface area contributed by atoms with Crippen LogP contribution in [0, 0.1) is 0 Å². The van der Waals surface area contributed by atoms with Gasteiger partial charge in [-0.25, -0.2) is 0 Å². The molecule has 0 saturated carbocycles. The van der Waals surface area contributed by atoms with Gasteiger partial charge in [0.1, 0.15) is 6.54 Å². The molecule has 0 spiro atoms. The molecule has 0 aliphatic rings. The highest BCUT2D eigenvalue weighted by Gasteiger charge is 1.95. The Morgan fingerprint density at radius 3 is 2.83 bits per heavy atom. The molecule has 1 N–H and O–H groups in total. The second-order valence-electron chi connectivity index (χ2n) is 2.51. The summed E-state index contributed by atoms with van der Waals surface area (Å²) < 4.78 is 0. The fourth-order valence-electron chi connectivity index (χ4n) is 0.581. The van der Waals surface area contributed by atoms with E-state index in [1.54, 1.807) is 6.08 Å². The lowest BCUT2D eigenvalue weighted by Gasteiger charge is -1.99. The Bertz CT molecular complexity index is 185. The van der Waals surface area contributed by atoms with E-state index in [0.29, 0.717) is 0 Å².